The van der Waals surface area contributed by atoms with Crippen LogP contribution < -0.4 is 4.74 Å². The van der Waals surface area contributed by atoms with Crippen LogP contribution in [0.1, 0.15) is 17.0 Å². The molecule has 2 aromatic carbocycles. The third-order valence-corrected chi connectivity index (χ3v) is 3.88. The summed E-state index contributed by atoms with van der Waals surface area (Å²) in [5.74, 6) is 0.0851. The number of rotatable bonds is 5. The first-order chi connectivity index (χ1) is 9.98. The quantitative estimate of drug-likeness (QED) is 0.658. The monoisotopic (exact) mass is 358 g/mol. The highest BCUT2D eigenvalue weighted by atomic mass is 79.9. The highest BCUT2D eigenvalue weighted by molar-refractivity contribution is 9.09. The molecule has 0 saturated carbocycles. The molecule has 0 aliphatic rings. The van der Waals surface area contributed by atoms with Crippen LogP contribution in [0.3, 0.4) is 0 Å². The van der Waals surface area contributed by atoms with Gasteiger partial charge in [0.2, 0.25) is 0 Å². The molecule has 21 heavy (non-hydrogen) atoms. The molecule has 1 nitrogen and oxygen atoms in total. The van der Waals surface area contributed by atoms with Gasteiger partial charge in [-0.3, -0.25) is 0 Å². The predicted molar refractivity (Wildman–Crippen MR) is 79.8 cm³/mol. The van der Waals surface area contributed by atoms with Crippen molar-refractivity contribution in [1.29, 1.82) is 0 Å². The number of halogens is 4. The number of hydrogen-bond acceptors (Lipinski definition) is 1. The first-order valence-corrected chi connectivity index (χ1v) is 7.55. The van der Waals surface area contributed by atoms with Gasteiger partial charge in [0.1, 0.15) is 5.75 Å². The molecule has 2 aromatic rings. The van der Waals surface area contributed by atoms with E-state index in [0.29, 0.717) is 0 Å². The van der Waals surface area contributed by atoms with Crippen molar-refractivity contribution in [3.8, 4) is 5.75 Å². The Morgan fingerprint density at radius 3 is 2.10 bits per heavy atom. The van der Waals surface area contributed by atoms with Crippen LogP contribution in [-0.4, -0.2) is 11.7 Å². The van der Waals surface area contributed by atoms with Crippen LogP contribution in [-0.2, 0) is 6.42 Å². The maximum absolute atomic E-state index is 12.1. The van der Waals surface area contributed by atoms with E-state index in [-0.39, 0.29) is 11.7 Å². The molecule has 0 aliphatic carbocycles. The third-order valence-electron chi connectivity index (χ3n) is 3.10. The summed E-state index contributed by atoms with van der Waals surface area (Å²) in [6.45, 7) is 0. The second-order valence-corrected chi connectivity index (χ2v) is 5.31. The van der Waals surface area contributed by atoms with Crippen molar-refractivity contribution in [2.45, 2.75) is 18.7 Å². The average Bonchev–Trinajstić information content (AvgIpc) is 2.46. The summed E-state index contributed by atoms with van der Waals surface area (Å²) in [5, 5.41) is 0.789. The van der Waals surface area contributed by atoms with Crippen molar-refractivity contribution in [3.05, 3.63) is 65.7 Å². The molecule has 112 valence electrons. The Morgan fingerprint density at radius 1 is 0.952 bits per heavy atom. The Labute approximate surface area is 129 Å². The maximum Gasteiger partial charge on any atom is 0.573 e. The molecule has 0 bridgehead atoms. The number of ether oxygens (including phenoxy) is 1. The molecule has 5 heteroatoms. The van der Waals surface area contributed by atoms with E-state index in [1.165, 1.54) is 17.7 Å². The van der Waals surface area contributed by atoms with Gasteiger partial charge in [0.25, 0.3) is 0 Å². The Morgan fingerprint density at radius 2 is 1.57 bits per heavy atom. The molecule has 0 heterocycles. The highest BCUT2D eigenvalue weighted by Crippen LogP contribution is 2.26. The van der Waals surface area contributed by atoms with Gasteiger partial charge >= 0.3 is 6.36 Å². The molecule has 0 fully saturated rings. The topological polar surface area (TPSA) is 9.23 Å². The Bertz CT molecular complexity index is 552. The minimum Gasteiger partial charge on any atom is -0.406 e. The Balaban J connectivity index is 2.05. The van der Waals surface area contributed by atoms with Gasteiger partial charge in [-0.25, -0.2) is 0 Å². The predicted octanol–water partition coefficient (Wildman–Crippen LogP) is 5.31. The van der Waals surface area contributed by atoms with Gasteiger partial charge in [-0.05, 0) is 35.6 Å². The molecule has 0 radical (unpaired) electrons. The Kier molecular flexibility index (Phi) is 5.28. The normalized spacial score (nSPS) is 13.0. The fourth-order valence-electron chi connectivity index (χ4n) is 2.10. The molecule has 1 atom stereocenters. The van der Waals surface area contributed by atoms with Crippen molar-refractivity contribution < 1.29 is 17.9 Å². The lowest BCUT2D eigenvalue weighted by Crippen LogP contribution is -2.17. The smallest absolute Gasteiger partial charge is 0.406 e. The Hall–Kier alpha value is -1.49. The van der Waals surface area contributed by atoms with Crippen molar-refractivity contribution in [3.63, 3.8) is 0 Å². The first kappa shape index (κ1) is 15.9. The summed E-state index contributed by atoms with van der Waals surface area (Å²) in [7, 11) is 0. The van der Waals surface area contributed by atoms with Gasteiger partial charge in [-0.2, -0.15) is 0 Å². The zero-order valence-electron chi connectivity index (χ0n) is 11.1. The standard InChI is InChI=1S/C16H14BrF3O/c17-11-14(13-4-2-1-3-5-13)10-12-6-8-15(9-7-12)21-16(18,19)20/h1-9,14H,10-11H2. The zero-order chi connectivity index (χ0) is 15.3. The second kappa shape index (κ2) is 6.98. The van der Waals surface area contributed by atoms with Crippen LogP contribution in [0.2, 0.25) is 0 Å². The lowest BCUT2D eigenvalue weighted by molar-refractivity contribution is -0.274. The van der Waals surface area contributed by atoms with Crippen molar-refractivity contribution in [2.75, 3.05) is 5.33 Å². The van der Waals surface area contributed by atoms with Crippen LogP contribution in [0.25, 0.3) is 0 Å². The van der Waals surface area contributed by atoms with Gasteiger partial charge in [-0.1, -0.05) is 58.4 Å². The van der Waals surface area contributed by atoms with Gasteiger partial charge in [0, 0.05) is 5.33 Å². The minimum atomic E-state index is -4.65. The molecule has 0 amide bonds. The lowest BCUT2D eigenvalue weighted by Gasteiger charge is -2.15. The largest absolute Gasteiger partial charge is 0.573 e. The van der Waals surface area contributed by atoms with Gasteiger partial charge in [-0.15, -0.1) is 13.2 Å². The van der Waals surface area contributed by atoms with E-state index in [1.807, 2.05) is 30.3 Å². The van der Waals surface area contributed by atoms with Crippen molar-refractivity contribution >= 4 is 15.9 Å². The van der Waals surface area contributed by atoms with Gasteiger partial charge < -0.3 is 4.74 Å². The zero-order valence-corrected chi connectivity index (χ0v) is 12.7. The summed E-state index contributed by atoms with van der Waals surface area (Å²) in [4.78, 5) is 0. The van der Waals surface area contributed by atoms with E-state index in [0.717, 1.165) is 17.3 Å². The van der Waals surface area contributed by atoms with Gasteiger partial charge in [0.15, 0.2) is 0 Å². The molecule has 1 unspecified atom stereocenters. The average molecular weight is 359 g/mol. The maximum atomic E-state index is 12.1. The highest BCUT2D eigenvalue weighted by Gasteiger charge is 2.30. The van der Waals surface area contributed by atoms with E-state index in [1.54, 1.807) is 12.1 Å². The summed E-state index contributed by atoms with van der Waals surface area (Å²) in [6.07, 6.45) is -3.90. The molecular formula is C16H14BrF3O. The van der Waals surface area contributed by atoms with Crippen LogP contribution in [0, 0.1) is 0 Å². The van der Waals surface area contributed by atoms with Crippen LogP contribution in [0.4, 0.5) is 13.2 Å². The van der Waals surface area contributed by atoms with E-state index < -0.39 is 6.36 Å². The van der Waals surface area contributed by atoms with Crippen LogP contribution >= 0.6 is 15.9 Å². The molecule has 0 aromatic heterocycles. The molecule has 0 aliphatic heterocycles. The van der Waals surface area contributed by atoms with E-state index in [9.17, 15) is 13.2 Å². The number of alkyl halides is 4. The molecule has 2 rings (SSSR count). The fourth-order valence-corrected chi connectivity index (χ4v) is 2.70. The van der Waals surface area contributed by atoms with E-state index >= 15 is 0 Å². The molecule has 0 N–H and O–H groups in total. The number of benzene rings is 2. The second-order valence-electron chi connectivity index (χ2n) is 4.66. The minimum absolute atomic E-state index is 0.193. The van der Waals surface area contributed by atoms with Crippen LogP contribution in [0.5, 0.6) is 5.75 Å². The summed E-state index contributed by atoms with van der Waals surface area (Å²) >= 11 is 3.49. The molecular weight excluding hydrogens is 345 g/mol. The summed E-state index contributed by atoms with van der Waals surface area (Å²) in [5.41, 5.74) is 2.17. The van der Waals surface area contributed by atoms with Crippen LogP contribution in [0.15, 0.2) is 54.6 Å². The lowest BCUT2D eigenvalue weighted by atomic mass is 9.94. The number of hydrogen-bond donors (Lipinski definition) is 0. The summed E-state index contributed by atoms with van der Waals surface area (Å²) in [6, 6.07) is 16.0. The third kappa shape index (κ3) is 5.08. The van der Waals surface area contributed by atoms with Gasteiger partial charge in [0.05, 0.1) is 0 Å². The molecule has 0 spiro atoms. The SMILES string of the molecule is FC(F)(F)Oc1ccc(CC(CBr)c2ccccc2)cc1. The van der Waals surface area contributed by atoms with Crippen molar-refractivity contribution in [2.24, 2.45) is 0 Å². The van der Waals surface area contributed by atoms with E-state index in [2.05, 4.69) is 20.7 Å². The van der Waals surface area contributed by atoms with E-state index in [4.69, 9.17) is 0 Å². The fraction of sp³-hybridized carbons (Fsp3) is 0.250. The summed E-state index contributed by atoms with van der Waals surface area (Å²) < 4.78 is 40.2. The molecule has 0 saturated heterocycles. The first-order valence-electron chi connectivity index (χ1n) is 6.43. The van der Waals surface area contributed by atoms with Crippen molar-refractivity contribution in [1.82, 2.24) is 0 Å².